The minimum Gasteiger partial charge on any atom is -0.383 e. The molecule has 1 unspecified atom stereocenters. The van der Waals surface area contributed by atoms with E-state index < -0.39 is 6.10 Å². The fourth-order valence-electron chi connectivity index (χ4n) is 1.39. The summed E-state index contributed by atoms with van der Waals surface area (Å²) in [4.78, 5) is 13.2. The summed E-state index contributed by atoms with van der Waals surface area (Å²) < 4.78 is 5.11. The standard InChI is InChI=1S/C9H17NO3/c1-2-3-8(11)9(12)10-4-6-13-7-5-10/h8,11H,2-7H2,1H3. The lowest BCUT2D eigenvalue weighted by molar-refractivity contribution is -0.144. The van der Waals surface area contributed by atoms with Gasteiger partial charge in [-0.25, -0.2) is 0 Å². The predicted molar refractivity (Wildman–Crippen MR) is 48.3 cm³/mol. The van der Waals surface area contributed by atoms with Crippen LogP contribution in [-0.4, -0.2) is 48.3 Å². The van der Waals surface area contributed by atoms with Crippen LogP contribution in [0.15, 0.2) is 0 Å². The fraction of sp³-hybridized carbons (Fsp3) is 0.889. The average molecular weight is 187 g/mol. The molecule has 0 bridgehead atoms. The van der Waals surface area contributed by atoms with Crippen LogP contribution < -0.4 is 0 Å². The molecule has 1 fully saturated rings. The van der Waals surface area contributed by atoms with Gasteiger partial charge in [-0.3, -0.25) is 4.79 Å². The van der Waals surface area contributed by atoms with E-state index in [9.17, 15) is 9.90 Å². The van der Waals surface area contributed by atoms with Gasteiger partial charge in [-0.1, -0.05) is 13.3 Å². The van der Waals surface area contributed by atoms with Crippen LogP contribution in [-0.2, 0) is 9.53 Å². The highest BCUT2D eigenvalue weighted by atomic mass is 16.5. The van der Waals surface area contributed by atoms with Crippen molar-refractivity contribution in [2.24, 2.45) is 0 Å². The number of aliphatic hydroxyl groups excluding tert-OH is 1. The molecule has 13 heavy (non-hydrogen) atoms. The molecule has 1 amide bonds. The topological polar surface area (TPSA) is 49.8 Å². The second kappa shape index (κ2) is 5.19. The summed E-state index contributed by atoms with van der Waals surface area (Å²) in [6.45, 7) is 4.35. The molecule has 0 aliphatic carbocycles. The number of carbonyl (C=O) groups excluding carboxylic acids is 1. The Hall–Kier alpha value is -0.610. The van der Waals surface area contributed by atoms with Crippen LogP contribution in [0.2, 0.25) is 0 Å². The fourth-order valence-corrected chi connectivity index (χ4v) is 1.39. The van der Waals surface area contributed by atoms with Crippen LogP contribution in [0.4, 0.5) is 0 Å². The van der Waals surface area contributed by atoms with Crippen molar-refractivity contribution in [1.82, 2.24) is 4.90 Å². The second-order valence-electron chi connectivity index (χ2n) is 3.24. The van der Waals surface area contributed by atoms with E-state index >= 15 is 0 Å². The van der Waals surface area contributed by atoms with Crippen LogP contribution in [0.25, 0.3) is 0 Å². The van der Waals surface area contributed by atoms with E-state index in [1.54, 1.807) is 4.90 Å². The molecule has 0 saturated carbocycles. The first kappa shape index (κ1) is 10.5. The summed E-state index contributed by atoms with van der Waals surface area (Å²) >= 11 is 0. The maximum atomic E-state index is 11.5. The number of rotatable bonds is 3. The first-order chi connectivity index (χ1) is 6.25. The molecule has 0 spiro atoms. The van der Waals surface area contributed by atoms with Gasteiger partial charge in [0, 0.05) is 13.1 Å². The Morgan fingerprint density at radius 1 is 1.54 bits per heavy atom. The number of hydrogen-bond donors (Lipinski definition) is 1. The van der Waals surface area contributed by atoms with E-state index in [0.29, 0.717) is 32.7 Å². The van der Waals surface area contributed by atoms with Gasteiger partial charge in [0.2, 0.25) is 0 Å². The van der Waals surface area contributed by atoms with Gasteiger partial charge in [0.1, 0.15) is 6.10 Å². The summed E-state index contributed by atoms with van der Waals surface area (Å²) in [5.41, 5.74) is 0. The molecule has 1 heterocycles. The minimum absolute atomic E-state index is 0.148. The normalized spacial score (nSPS) is 20.0. The molecule has 0 aromatic heterocycles. The Morgan fingerprint density at radius 3 is 2.69 bits per heavy atom. The lowest BCUT2D eigenvalue weighted by atomic mass is 10.2. The van der Waals surface area contributed by atoms with Crippen LogP contribution in [0.5, 0.6) is 0 Å². The van der Waals surface area contributed by atoms with Crippen molar-refractivity contribution in [3.63, 3.8) is 0 Å². The zero-order valence-corrected chi connectivity index (χ0v) is 8.03. The molecule has 1 aliphatic rings. The third kappa shape index (κ3) is 2.97. The van der Waals surface area contributed by atoms with E-state index in [4.69, 9.17) is 4.74 Å². The molecule has 4 nitrogen and oxygen atoms in total. The van der Waals surface area contributed by atoms with Gasteiger partial charge in [0.05, 0.1) is 13.2 Å². The Kier molecular flexibility index (Phi) is 4.18. The number of carbonyl (C=O) groups is 1. The molecule has 76 valence electrons. The number of morpholine rings is 1. The van der Waals surface area contributed by atoms with Gasteiger partial charge in [-0.15, -0.1) is 0 Å². The maximum Gasteiger partial charge on any atom is 0.251 e. The SMILES string of the molecule is CCCC(O)C(=O)N1CCOCC1. The van der Waals surface area contributed by atoms with Crippen molar-refractivity contribution in [2.75, 3.05) is 26.3 Å². The van der Waals surface area contributed by atoms with E-state index in [-0.39, 0.29) is 5.91 Å². The molecule has 1 rings (SSSR count). The summed E-state index contributed by atoms with van der Waals surface area (Å²) in [7, 11) is 0. The molecule has 0 aromatic rings. The first-order valence-electron chi connectivity index (χ1n) is 4.80. The summed E-state index contributed by atoms with van der Waals surface area (Å²) in [6, 6.07) is 0. The highest BCUT2D eigenvalue weighted by Crippen LogP contribution is 2.04. The molecule has 0 radical (unpaired) electrons. The third-order valence-electron chi connectivity index (χ3n) is 2.17. The molecule has 1 N–H and O–H groups in total. The van der Waals surface area contributed by atoms with Gasteiger partial charge >= 0.3 is 0 Å². The first-order valence-corrected chi connectivity index (χ1v) is 4.80. The smallest absolute Gasteiger partial charge is 0.251 e. The number of aliphatic hydroxyl groups is 1. The minimum atomic E-state index is -0.817. The van der Waals surface area contributed by atoms with Crippen molar-refractivity contribution in [1.29, 1.82) is 0 Å². The zero-order valence-electron chi connectivity index (χ0n) is 8.03. The highest BCUT2D eigenvalue weighted by Gasteiger charge is 2.22. The largest absolute Gasteiger partial charge is 0.383 e. The summed E-state index contributed by atoms with van der Waals surface area (Å²) in [6.07, 6.45) is 0.566. The Morgan fingerprint density at radius 2 is 2.15 bits per heavy atom. The summed E-state index contributed by atoms with van der Waals surface area (Å²) in [5, 5.41) is 9.44. The Balaban J connectivity index is 2.36. The molecular formula is C9H17NO3. The average Bonchev–Trinajstić information content (AvgIpc) is 2.18. The van der Waals surface area contributed by atoms with Crippen molar-refractivity contribution in [2.45, 2.75) is 25.9 Å². The van der Waals surface area contributed by atoms with E-state index in [1.165, 1.54) is 0 Å². The maximum absolute atomic E-state index is 11.5. The van der Waals surface area contributed by atoms with E-state index in [2.05, 4.69) is 0 Å². The molecule has 1 aliphatic heterocycles. The van der Waals surface area contributed by atoms with Gasteiger partial charge in [0.15, 0.2) is 0 Å². The molecule has 0 aromatic carbocycles. The van der Waals surface area contributed by atoms with Gasteiger partial charge in [0.25, 0.3) is 5.91 Å². The van der Waals surface area contributed by atoms with Crippen LogP contribution in [0.3, 0.4) is 0 Å². The lowest BCUT2D eigenvalue weighted by Crippen LogP contribution is -2.45. The van der Waals surface area contributed by atoms with E-state index in [1.807, 2.05) is 6.92 Å². The number of ether oxygens (including phenoxy) is 1. The van der Waals surface area contributed by atoms with Crippen LogP contribution in [0.1, 0.15) is 19.8 Å². The molecule has 4 heteroatoms. The number of hydrogen-bond acceptors (Lipinski definition) is 3. The lowest BCUT2D eigenvalue weighted by Gasteiger charge is -2.28. The monoisotopic (exact) mass is 187 g/mol. The quantitative estimate of drug-likeness (QED) is 0.677. The molecule has 1 atom stereocenters. The van der Waals surface area contributed by atoms with Crippen LogP contribution >= 0.6 is 0 Å². The van der Waals surface area contributed by atoms with Crippen molar-refractivity contribution in [3.05, 3.63) is 0 Å². The Labute approximate surface area is 78.5 Å². The van der Waals surface area contributed by atoms with Gasteiger partial charge < -0.3 is 14.7 Å². The number of nitrogens with zero attached hydrogens (tertiary/aromatic N) is 1. The predicted octanol–water partition coefficient (Wildman–Crippen LogP) is 0.00620. The molecule has 1 saturated heterocycles. The van der Waals surface area contributed by atoms with Crippen LogP contribution in [0, 0.1) is 0 Å². The van der Waals surface area contributed by atoms with Crippen molar-refractivity contribution >= 4 is 5.91 Å². The Bertz CT molecular complexity index is 166. The van der Waals surface area contributed by atoms with Crippen molar-refractivity contribution < 1.29 is 14.6 Å². The van der Waals surface area contributed by atoms with Gasteiger partial charge in [-0.2, -0.15) is 0 Å². The highest BCUT2D eigenvalue weighted by molar-refractivity contribution is 5.80. The number of amides is 1. The zero-order chi connectivity index (χ0) is 9.68. The second-order valence-corrected chi connectivity index (χ2v) is 3.24. The molecular weight excluding hydrogens is 170 g/mol. The third-order valence-corrected chi connectivity index (χ3v) is 2.17. The van der Waals surface area contributed by atoms with Crippen molar-refractivity contribution in [3.8, 4) is 0 Å². The summed E-state index contributed by atoms with van der Waals surface area (Å²) in [5.74, 6) is -0.148. The van der Waals surface area contributed by atoms with Gasteiger partial charge in [-0.05, 0) is 6.42 Å². The van der Waals surface area contributed by atoms with E-state index in [0.717, 1.165) is 6.42 Å².